The molecule has 0 aromatic rings. The molecule has 0 saturated carbocycles. The van der Waals surface area contributed by atoms with E-state index in [0.29, 0.717) is 0 Å². The van der Waals surface area contributed by atoms with Gasteiger partial charge in [0.15, 0.2) is 0 Å². The maximum absolute atomic E-state index is 3.87. The first kappa shape index (κ1) is 4.82. The standard InChI is InChI=1S/C5H5BrN/c6-5-1-3-7-4-2-5/h1,3-4H,2H2/q+1. The third-order valence-corrected chi connectivity index (χ3v) is 1.32. The summed E-state index contributed by atoms with van der Waals surface area (Å²) in [6.45, 7) is 0. The van der Waals surface area contributed by atoms with Gasteiger partial charge in [-0.15, -0.1) is 4.67 Å². The topological polar surface area (TPSA) is 14.1 Å². The van der Waals surface area contributed by atoms with Crippen molar-refractivity contribution in [3.8, 4) is 0 Å². The highest BCUT2D eigenvalue weighted by Gasteiger charge is 1.95. The minimum Gasteiger partial charge on any atom is -0.105 e. The van der Waals surface area contributed by atoms with Gasteiger partial charge in [-0.25, -0.2) is 0 Å². The Bertz CT molecular complexity index is 151. The molecule has 7 heavy (non-hydrogen) atoms. The van der Waals surface area contributed by atoms with Crippen molar-refractivity contribution in [2.45, 2.75) is 6.42 Å². The van der Waals surface area contributed by atoms with Crippen LogP contribution in [0.5, 0.6) is 0 Å². The Morgan fingerprint density at radius 2 is 2.57 bits per heavy atom. The average Bonchev–Trinajstić information content (AvgIpc) is 1.69. The van der Waals surface area contributed by atoms with Crippen LogP contribution in [-0.4, -0.2) is 12.4 Å². The molecule has 1 rings (SSSR count). The molecule has 0 aromatic heterocycles. The van der Waals surface area contributed by atoms with Gasteiger partial charge >= 0.3 is 0 Å². The van der Waals surface area contributed by atoms with E-state index < -0.39 is 0 Å². The van der Waals surface area contributed by atoms with Gasteiger partial charge in [-0.2, -0.15) is 0 Å². The molecule has 0 fully saturated rings. The Balaban J connectivity index is 2.77. The zero-order valence-electron chi connectivity index (χ0n) is 3.76. The number of rotatable bonds is 0. The molecule has 1 nitrogen and oxygen atoms in total. The quantitative estimate of drug-likeness (QED) is 0.466. The van der Waals surface area contributed by atoms with E-state index in [9.17, 15) is 0 Å². The van der Waals surface area contributed by atoms with Crippen molar-refractivity contribution < 1.29 is 0 Å². The monoisotopic (exact) mass is 158 g/mol. The Morgan fingerprint density at radius 3 is 2.86 bits per heavy atom. The predicted molar refractivity (Wildman–Crippen MR) is 35.9 cm³/mol. The van der Waals surface area contributed by atoms with Gasteiger partial charge in [0.1, 0.15) is 0 Å². The summed E-state index contributed by atoms with van der Waals surface area (Å²) in [7, 11) is 0. The number of hydrogen-bond acceptors (Lipinski definition) is 0. The second kappa shape index (κ2) is 2.10. The molecule has 2 heteroatoms. The van der Waals surface area contributed by atoms with Crippen LogP contribution in [0.25, 0.3) is 0 Å². The first-order valence-corrected chi connectivity index (χ1v) is 2.88. The van der Waals surface area contributed by atoms with Gasteiger partial charge in [0.05, 0.1) is 6.42 Å². The summed E-state index contributed by atoms with van der Waals surface area (Å²) in [6, 6.07) is 0. The Hall–Kier alpha value is -0.330. The van der Waals surface area contributed by atoms with E-state index in [4.69, 9.17) is 0 Å². The molecule has 0 radical (unpaired) electrons. The van der Waals surface area contributed by atoms with Crippen LogP contribution >= 0.6 is 15.9 Å². The molecule has 0 aromatic carbocycles. The first-order valence-electron chi connectivity index (χ1n) is 2.09. The summed E-state index contributed by atoms with van der Waals surface area (Å²) in [5.41, 5.74) is 0. The van der Waals surface area contributed by atoms with Crippen molar-refractivity contribution in [3.05, 3.63) is 10.6 Å². The van der Waals surface area contributed by atoms with Gasteiger partial charge in [-0.1, -0.05) is 15.9 Å². The maximum Gasteiger partial charge on any atom is 0.292 e. The summed E-state index contributed by atoms with van der Waals surface area (Å²) in [6.07, 6.45) is 6.52. The lowest BCUT2D eigenvalue weighted by Gasteiger charge is -1.80. The molecule has 0 amide bonds. The first-order chi connectivity index (χ1) is 3.39. The second-order valence-electron chi connectivity index (χ2n) is 1.30. The highest BCUT2D eigenvalue weighted by Crippen LogP contribution is 2.06. The molecular formula is C5H5BrN+. The Kier molecular flexibility index (Phi) is 1.45. The summed E-state index contributed by atoms with van der Waals surface area (Å²) >= 11 is 3.33. The van der Waals surface area contributed by atoms with Crippen LogP contribution in [-0.2, 0) is 0 Å². The van der Waals surface area contributed by atoms with E-state index in [1.165, 1.54) is 4.48 Å². The number of nitrogens with zero attached hydrogens (tertiary/aromatic N) is 1. The van der Waals surface area contributed by atoms with E-state index >= 15 is 0 Å². The molecule has 0 atom stereocenters. The predicted octanol–water partition coefficient (Wildman–Crippen LogP) is 0.878. The van der Waals surface area contributed by atoms with Crippen LogP contribution in [0.2, 0.25) is 0 Å². The van der Waals surface area contributed by atoms with Crippen LogP contribution < -0.4 is 4.67 Å². The van der Waals surface area contributed by atoms with Crippen molar-refractivity contribution in [2.24, 2.45) is 0 Å². The van der Waals surface area contributed by atoms with Crippen LogP contribution in [0.15, 0.2) is 10.6 Å². The largest absolute Gasteiger partial charge is 0.292 e. The van der Waals surface area contributed by atoms with E-state index in [1.54, 1.807) is 6.21 Å². The molecule has 0 bridgehead atoms. The van der Waals surface area contributed by atoms with Gasteiger partial charge in [0.2, 0.25) is 0 Å². The zero-order valence-corrected chi connectivity index (χ0v) is 5.35. The number of allylic oxidation sites excluding steroid dienone is 2. The molecular weight excluding hydrogens is 154 g/mol. The van der Waals surface area contributed by atoms with Crippen molar-refractivity contribution in [3.63, 3.8) is 0 Å². The van der Waals surface area contributed by atoms with E-state index in [-0.39, 0.29) is 0 Å². The summed E-state index contributed by atoms with van der Waals surface area (Å²) in [5.74, 6) is 0. The minimum atomic E-state index is 0.941. The average molecular weight is 159 g/mol. The van der Waals surface area contributed by atoms with E-state index in [0.717, 1.165) is 6.42 Å². The molecule has 0 spiro atoms. The van der Waals surface area contributed by atoms with Gasteiger partial charge in [0, 0.05) is 10.6 Å². The molecule has 36 valence electrons. The van der Waals surface area contributed by atoms with Gasteiger partial charge in [-0.05, 0) is 0 Å². The minimum absolute atomic E-state index is 0.941. The summed E-state index contributed by atoms with van der Waals surface area (Å²) < 4.78 is 5.07. The zero-order chi connectivity index (χ0) is 5.11. The smallest absolute Gasteiger partial charge is 0.105 e. The molecule has 1 aliphatic heterocycles. The maximum atomic E-state index is 3.87. The third kappa shape index (κ3) is 1.30. The molecule has 1 aliphatic rings. The SMILES string of the molecule is BrC1=CC=[N+]=CC1. The second-order valence-corrected chi connectivity index (χ2v) is 2.32. The fraction of sp³-hybridized carbons (Fsp3) is 0.200. The highest BCUT2D eigenvalue weighted by atomic mass is 79.9. The molecule has 0 N–H and O–H groups in total. The normalized spacial score (nSPS) is 17.0. The highest BCUT2D eigenvalue weighted by molar-refractivity contribution is 9.11. The van der Waals surface area contributed by atoms with Crippen LogP contribution in [0.3, 0.4) is 0 Å². The third-order valence-electron chi connectivity index (χ3n) is 0.733. The fourth-order valence-electron chi connectivity index (χ4n) is 0.393. The van der Waals surface area contributed by atoms with Gasteiger partial charge in [-0.3, -0.25) is 0 Å². The lowest BCUT2D eigenvalue weighted by atomic mass is 10.4. The van der Waals surface area contributed by atoms with Gasteiger partial charge in [0.25, 0.3) is 12.4 Å². The Labute approximate surface area is 50.6 Å². The van der Waals surface area contributed by atoms with Crippen molar-refractivity contribution >= 4 is 28.4 Å². The fourth-order valence-corrected chi connectivity index (χ4v) is 0.656. The van der Waals surface area contributed by atoms with Crippen molar-refractivity contribution in [1.29, 1.82) is 0 Å². The number of halogens is 1. The summed E-state index contributed by atoms with van der Waals surface area (Å²) in [4.78, 5) is 0. The molecule has 0 aliphatic carbocycles. The summed E-state index contributed by atoms with van der Waals surface area (Å²) in [5, 5.41) is 0. The molecule has 0 unspecified atom stereocenters. The van der Waals surface area contributed by atoms with Crippen molar-refractivity contribution in [2.75, 3.05) is 0 Å². The van der Waals surface area contributed by atoms with Crippen molar-refractivity contribution in [1.82, 2.24) is 4.67 Å². The lowest BCUT2D eigenvalue weighted by Crippen LogP contribution is -1.88. The Morgan fingerprint density at radius 1 is 1.71 bits per heavy atom. The van der Waals surface area contributed by atoms with Gasteiger partial charge < -0.3 is 0 Å². The van der Waals surface area contributed by atoms with Crippen LogP contribution in [0.4, 0.5) is 0 Å². The molecule has 0 saturated heterocycles. The number of hydrogen-bond donors (Lipinski definition) is 0. The van der Waals surface area contributed by atoms with E-state index in [2.05, 4.69) is 20.6 Å². The molecule has 1 heterocycles. The van der Waals surface area contributed by atoms with Crippen LogP contribution in [0, 0.1) is 0 Å². The van der Waals surface area contributed by atoms with Crippen LogP contribution in [0.1, 0.15) is 6.42 Å². The lowest BCUT2D eigenvalue weighted by molar-refractivity contribution is 1.45. The van der Waals surface area contributed by atoms with E-state index in [1.807, 2.05) is 12.3 Å².